The number of hydrogen-bond acceptors (Lipinski definition) is 5. The molecule has 4 nitrogen and oxygen atoms in total. The van der Waals surface area contributed by atoms with E-state index in [1.54, 1.807) is 0 Å². The van der Waals surface area contributed by atoms with Crippen LogP contribution < -0.4 is 5.73 Å². The van der Waals surface area contributed by atoms with Crippen LogP contribution in [0.1, 0.15) is 50.1 Å². The van der Waals surface area contributed by atoms with E-state index >= 15 is 0 Å². The van der Waals surface area contributed by atoms with Gasteiger partial charge in [-0.1, -0.05) is 19.0 Å². The number of aromatic nitrogens is 2. The summed E-state index contributed by atoms with van der Waals surface area (Å²) in [5, 5.41) is 4.57. The monoisotopic (exact) mass is 269 g/mol. The molecule has 1 aliphatic heterocycles. The highest BCUT2D eigenvalue weighted by Crippen LogP contribution is 2.38. The second kappa shape index (κ2) is 6.57. The molecule has 2 heterocycles. The summed E-state index contributed by atoms with van der Waals surface area (Å²) in [6, 6.07) is 0. The normalized spacial score (nSPS) is 21.7. The Kier molecular flexibility index (Phi) is 5.06. The summed E-state index contributed by atoms with van der Waals surface area (Å²) >= 11 is 1.93. The van der Waals surface area contributed by atoms with E-state index in [1.807, 2.05) is 11.8 Å². The lowest BCUT2D eigenvalue weighted by molar-refractivity contribution is 0.329. The minimum atomic E-state index is 0.448. The smallest absolute Gasteiger partial charge is 0.227 e. The zero-order valence-corrected chi connectivity index (χ0v) is 12.1. The summed E-state index contributed by atoms with van der Waals surface area (Å²) in [6.45, 7) is 5.13. The minimum absolute atomic E-state index is 0.448. The SMILES string of the molecule is CC(C)CC(CN)Cc1nc(C2CCCS2)no1. The maximum Gasteiger partial charge on any atom is 0.227 e. The van der Waals surface area contributed by atoms with Crippen molar-refractivity contribution in [3.8, 4) is 0 Å². The van der Waals surface area contributed by atoms with Crippen LogP contribution in [0.3, 0.4) is 0 Å². The van der Waals surface area contributed by atoms with Crippen LogP contribution in [0.5, 0.6) is 0 Å². The summed E-state index contributed by atoms with van der Waals surface area (Å²) in [4.78, 5) is 4.53. The van der Waals surface area contributed by atoms with Crippen molar-refractivity contribution in [2.45, 2.75) is 44.8 Å². The van der Waals surface area contributed by atoms with Gasteiger partial charge in [-0.05, 0) is 43.4 Å². The Morgan fingerprint density at radius 3 is 2.94 bits per heavy atom. The summed E-state index contributed by atoms with van der Waals surface area (Å²) in [7, 11) is 0. The average molecular weight is 269 g/mol. The first-order chi connectivity index (χ1) is 8.69. The molecular weight excluding hydrogens is 246 g/mol. The van der Waals surface area contributed by atoms with Gasteiger partial charge >= 0.3 is 0 Å². The molecule has 102 valence electrons. The van der Waals surface area contributed by atoms with Gasteiger partial charge in [-0.3, -0.25) is 0 Å². The van der Waals surface area contributed by atoms with E-state index in [9.17, 15) is 0 Å². The van der Waals surface area contributed by atoms with E-state index in [4.69, 9.17) is 10.3 Å². The molecule has 0 aliphatic carbocycles. The van der Waals surface area contributed by atoms with Gasteiger partial charge in [-0.25, -0.2) is 0 Å². The number of nitrogens with zero attached hydrogens (tertiary/aromatic N) is 2. The van der Waals surface area contributed by atoms with Gasteiger partial charge < -0.3 is 10.3 Å². The molecule has 1 fully saturated rings. The van der Waals surface area contributed by atoms with Crippen molar-refractivity contribution in [3.63, 3.8) is 0 Å². The lowest BCUT2D eigenvalue weighted by Crippen LogP contribution is -2.19. The predicted molar refractivity (Wildman–Crippen MR) is 74.4 cm³/mol. The second-order valence-electron chi connectivity index (χ2n) is 5.48. The number of nitrogens with two attached hydrogens (primary N) is 1. The van der Waals surface area contributed by atoms with Gasteiger partial charge in [0, 0.05) is 6.42 Å². The summed E-state index contributed by atoms with van der Waals surface area (Å²) in [6.07, 6.45) is 4.37. The molecule has 1 aromatic heterocycles. The Labute approximate surface area is 113 Å². The summed E-state index contributed by atoms with van der Waals surface area (Å²) in [5.74, 6) is 3.97. The van der Waals surface area contributed by atoms with Crippen molar-refractivity contribution in [2.24, 2.45) is 17.6 Å². The second-order valence-corrected chi connectivity index (χ2v) is 6.79. The zero-order valence-electron chi connectivity index (χ0n) is 11.3. The summed E-state index contributed by atoms with van der Waals surface area (Å²) < 4.78 is 5.36. The van der Waals surface area contributed by atoms with Crippen molar-refractivity contribution in [1.29, 1.82) is 0 Å². The molecule has 0 spiro atoms. The fraction of sp³-hybridized carbons (Fsp3) is 0.846. The van der Waals surface area contributed by atoms with Crippen LogP contribution >= 0.6 is 11.8 Å². The highest BCUT2D eigenvalue weighted by atomic mass is 32.2. The molecule has 18 heavy (non-hydrogen) atoms. The average Bonchev–Trinajstić information content (AvgIpc) is 2.97. The van der Waals surface area contributed by atoms with Crippen molar-refractivity contribution < 1.29 is 4.52 Å². The Morgan fingerprint density at radius 1 is 1.50 bits per heavy atom. The quantitative estimate of drug-likeness (QED) is 0.860. The molecule has 0 bridgehead atoms. The minimum Gasteiger partial charge on any atom is -0.339 e. The fourth-order valence-corrected chi connectivity index (χ4v) is 3.64. The van der Waals surface area contributed by atoms with Crippen LogP contribution in [0.2, 0.25) is 0 Å². The van der Waals surface area contributed by atoms with Crippen LogP contribution in [0.25, 0.3) is 0 Å². The third-order valence-electron chi connectivity index (χ3n) is 3.30. The maximum absolute atomic E-state index is 5.80. The third-order valence-corrected chi connectivity index (χ3v) is 4.68. The van der Waals surface area contributed by atoms with Gasteiger partial charge in [0.25, 0.3) is 0 Å². The largest absolute Gasteiger partial charge is 0.339 e. The van der Waals surface area contributed by atoms with Gasteiger partial charge in [0.05, 0.1) is 5.25 Å². The van der Waals surface area contributed by atoms with Crippen molar-refractivity contribution >= 4 is 11.8 Å². The molecule has 2 rings (SSSR count). The zero-order chi connectivity index (χ0) is 13.0. The predicted octanol–water partition coefficient (Wildman–Crippen LogP) is 2.80. The maximum atomic E-state index is 5.80. The van der Waals surface area contributed by atoms with Crippen LogP contribution in [-0.4, -0.2) is 22.4 Å². The Balaban J connectivity index is 1.92. The first-order valence-corrected chi connectivity index (χ1v) is 7.88. The van der Waals surface area contributed by atoms with Gasteiger partial charge in [0.2, 0.25) is 5.89 Å². The molecule has 2 atom stereocenters. The first-order valence-electron chi connectivity index (χ1n) is 6.83. The summed E-state index contributed by atoms with van der Waals surface area (Å²) in [5.41, 5.74) is 5.80. The first kappa shape index (κ1) is 13.9. The van der Waals surface area contributed by atoms with Crippen LogP contribution in [0.15, 0.2) is 4.52 Å². The highest BCUT2D eigenvalue weighted by molar-refractivity contribution is 7.99. The molecule has 0 radical (unpaired) electrons. The number of thioether (sulfide) groups is 1. The fourth-order valence-electron chi connectivity index (χ4n) is 2.44. The topological polar surface area (TPSA) is 64.9 Å². The molecule has 0 aromatic carbocycles. The van der Waals surface area contributed by atoms with Gasteiger partial charge in [0.1, 0.15) is 0 Å². The van der Waals surface area contributed by atoms with Crippen molar-refractivity contribution in [3.05, 3.63) is 11.7 Å². The highest BCUT2D eigenvalue weighted by Gasteiger charge is 2.23. The van der Waals surface area contributed by atoms with Crippen LogP contribution in [0, 0.1) is 11.8 Å². The molecule has 5 heteroatoms. The van der Waals surface area contributed by atoms with Gasteiger partial charge in [-0.2, -0.15) is 16.7 Å². The Hall–Kier alpha value is -0.550. The number of hydrogen-bond donors (Lipinski definition) is 1. The van der Waals surface area contributed by atoms with Gasteiger partial charge in [-0.15, -0.1) is 0 Å². The molecule has 1 aliphatic rings. The van der Waals surface area contributed by atoms with E-state index < -0.39 is 0 Å². The molecule has 1 saturated heterocycles. The van der Waals surface area contributed by atoms with E-state index in [0.717, 1.165) is 24.6 Å². The Bertz CT molecular complexity index is 361. The molecule has 0 saturated carbocycles. The van der Waals surface area contributed by atoms with E-state index in [2.05, 4.69) is 24.0 Å². The van der Waals surface area contributed by atoms with Gasteiger partial charge in [0.15, 0.2) is 5.82 Å². The lowest BCUT2D eigenvalue weighted by atomic mass is 9.94. The van der Waals surface area contributed by atoms with E-state index in [0.29, 0.717) is 23.6 Å². The Morgan fingerprint density at radius 2 is 2.33 bits per heavy atom. The standard InChI is InChI=1S/C13H23N3OS/c1-9(2)6-10(8-14)7-12-15-13(16-17-12)11-4-3-5-18-11/h9-11H,3-8,14H2,1-2H3. The molecular formula is C13H23N3OS. The molecule has 2 N–H and O–H groups in total. The van der Waals surface area contributed by atoms with Crippen molar-refractivity contribution in [1.82, 2.24) is 10.1 Å². The molecule has 1 aromatic rings. The van der Waals surface area contributed by atoms with Crippen LogP contribution in [0.4, 0.5) is 0 Å². The van der Waals surface area contributed by atoms with Crippen molar-refractivity contribution in [2.75, 3.05) is 12.3 Å². The van der Waals surface area contributed by atoms with Crippen LogP contribution in [-0.2, 0) is 6.42 Å². The molecule has 0 amide bonds. The third kappa shape index (κ3) is 3.72. The molecule has 2 unspecified atom stereocenters. The lowest BCUT2D eigenvalue weighted by Gasteiger charge is -2.14. The van der Waals surface area contributed by atoms with E-state index in [-0.39, 0.29) is 0 Å². The number of rotatable bonds is 6. The van der Waals surface area contributed by atoms with E-state index in [1.165, 1.54) is 18.6 Å².